The highest BCUT2D eigenvalue weighted by Crippen LogP contribution is 2.51. The molecular formula is C36H43ClFN9O3. The van der Waals surface area contributed by atoms with Crippen LogP contribution in [0.2, 0.25) is 5.02 Å². The summed E-state index contributed by atoms with van der Waals surface area (Å²) in [5.74, 6) is 0.681. The fourth-order valence-electron chi connectivity index (χ4n) is 9.01. The maximum absolute atomic E-state index is 14.7. The van der Waals surface area contributed by atoms with Crippen LogP contribution in [-0.2, 0) is 36.5 Å². The monoisotopic (exact) mass is 703 g/mol. The largest absolute Gasteiger partial charge is 0.461 e. The van der Waals surface area contributed by atoms with E-state index in [0.29, 0.717) is 74.1 Å². The normalized spacial score (nSPS) is 27.2. The molecule has 2 N–H and O–H groups in total. The number of nitrogens with zero attached hydrogens (tertiary/aromatic N) is 8. The molecule has 1 spiro atoms. The van der Waals surface area contributed by atoms with Crippen molar-refractivity contribution in [1.82, 2.24) is 29.5 Å². The first-order chi connectivity index (χ1) is 24.0. The van der Waals surface area contributed by atoms with Gasteiger partial charge in [0.2, 0.25) is 0 Å². The Labute approximate surface area is 296 Å². The van der Waals surface area contributed by atoms with Gasteiger partial charge in [0.05, 0.1) is 40.7 Å². The molecule has 4 atom stereocenters. The lowest BCUT2D eigenvalue weighted by atomic mass is 9.69. The highest BCUT2D eigenvalue weighted by Gasteiger charge is 2.50. The number of nitriles is 1. The highest BCUT2D eigenvalue weighted by molar-refractivity contribution is 6.34. The number of nitrogen functional groups attached to an aromatic ring is 1. The van der Waals surface area contributed by atoms with Gasteiger partial charge in [0.1, 0.15) is 30.3 Å². The number of aromatic nitrogens is 4. The minimum atomic E-state index is -0.873. The number of hydrogen-bond donors (Lipinski definition) is 1. The SMILES string of the molecule is C[C@H]1CC[C@]2(Cc3nc(OC[C@@]45CCCN4C[C@H](F)C5)nc(N4CCCn5nc(C(=O)N(C)C)c(Cl)c5C4)c3CO2)c2c1ccc(N)c2C#N. The third kappa shape index (κ3) is 5.29. The number of carbonyl (C=O) groups is 1. The Kier molecular flexibility index (Phi) is 8.19. The summed E-state index contributed by atoms with van der Waals surface area (Å²) >= 11 is 6.85. The third-order valence-electron chi connectivity index (χ3n) is 11.6. The zero-order valence-corrected chi connectivity index (χ0v) is 29.6. The van der Waals surface area contributed by atoms with Crippen LogP contribution >= 0.6 is 11.6 Å². The average Bonchev–Trinajstić information content (AvgIpc) is 3.67. The lowest BCUT2D eigenvalue weighted by Gasteiger charge is -2.45. The quantitative estimate of drug-likeness (QED) is 0.372. The first-order valence-electron chi connectivity index (χ1n) is 17.6. The Balaban J connectivity index is 1.20. The topological polar surface area (TPSA) is 139 Å². The zero-order valence-electron chi connectivity index (χ0n) is 28.8. The van der Waals surface area contributed by atoms with Crippen molar-refractivity contribution in [3.05, 3.63) is 56.5 Å². The van der Waals surface area contributed by atoms with Gasteiger partial charge in [-0.2, -0.15) is 20.3 Å². The van der Waals surface area contributed by atoms with Crippen molar-refractivity contribution >= 4 is 29.0 Å². The summed E-state index contributed by atoms with van der Waals surface area (Å²) in [6, 6.07) is 6.46. The maximum Gasteiger partial charge on any atom is 0.318 e. The van der Waals surface area contributed by atoms with Crippen LogP contribution in [0.15, 0.2) is 12.1 Å². The summed E-state index contributed by atoms with van der Waals surface area (Å²) in [6.45, 7) is 5.63. The molecule has 264 valence electrons. The van der Waals surface area contributed by atoms with Crippen LogP contribution in [0.4, 0.5) is 15.9 Å². The Morgan fingerprint density at radius 1 is 1.24 bits per heavy atom. The molecule has 0 bridgehead atoms. The number of aryl methyl sites for hydroxylation is 1. The van der Waals surface area contributed by atoms with Gasteiger partial charge in [-0.25, -0.2) is 4.39 Å². The van der Waals surface area contributed by atoms with E-state index in [-0.39, 0.29) is 35.7 Å². The molecule has 0 saturated carbocycles. The second kappa shape index (κ2) is 12.4. The number of nitrogens with two attached hydrogens (primary N) is 1. The smallest absolute Gasteiger partial charge is 0.318 e. The van der Waals surface area contributed by atoms with Crippen molar-refractivity contribution in [2.75, 3.05) is 51.0 Å². The lowest BCUT2D eigenvalue weighted by Crippen LogP contribution is -2.44. The number of benzene rings is 1. The van der Waals surface area contributed by atoms with Crippen LogP contribution in [0.5, 0.6) is 6.01 Å². The predicted molar refractivity (Wildman–Crippen MR) is 185 cm³/mol. The van der Waals surface area contributed by atoms with Crippen molar-refractivity contribution in [3.8, 4) is 12.1 Å². The molecule has 0 radical (unpaired) electrons. The molecule has 14 heteroatoms. The standard InChI is InChI=1S/C36H43ClFN9O3/c1-21-8-10-36(29-23(21)6-7-26(40)24(29)16-39)15-27-25(19-50-36)32(42-34(41-27)49-20-35-9-4-12-46(35)17-22(38)14-35)45-11-5-13-47-28(18-45)30(37)31(43-47)33(48)44(2)3/h6-7,21-22H,4-5,8-15,17-20,40H2,1-3H3/t21-,22+,35-,36-/m0/s1. The molecule has 2 aromatic heterocycles. The van der Waals surface area contributed by atoms with Gasteiger partial charge >= 0.3 is 6.01 Å². The fraction of sp³-hybridized carbons (Fsp3) is 0.583. The number of alkyl halides is 1. The number of hydrogen-bond acceptors (Lipinski definition) is 10. The molecule has 0 unspecified atom stereocenters. The fourth-order valence-corrected chi connectivity index (χ4v) is 9.29. The van der Waals surface area contributed by atoms with E-state index in [9.17, 15) is 14.4 Å². The van der Waals surface area contributed by atoms with Crippen molar-refractivity contribution in [2.45, 2.75) is 94.8 Å². The highest BCUT2D eigenvalue weighted by atomic mass is 35.5. The molecule has 2 fully saturated rings. The first kappa shape index (κ1) is 33.2. The summed E-state index contributed by atoms with van der Waals surface area (Å²) in [5.41, 5.74) is 10.7. The molecular weight excluding hydrogens is 661 g/mol. The Hall–Kier alpha value is -3.99. The minimum absolute atomic E-state index is 0.230. The van der Waals surface area contributed by atoms with Crippen LogP contribution in [0.3, 0.4) is 0 Å². The van der Waals surface area contributed by atoms with Crippen LogP contribution in [0, 0.1) is 11.3 Å². The van der Waals surface area contributed by atoms with Gasteiger partial charge < -0.3 is 25.0 Å². The molecule has 5 aliphatic rings. The van der Waals surface area contributed by atoms with Crippen LogP contribution in [-0.4, -0.2) is 87.5 Å². The molecule has 50 heavy (non-hydrogen) atoms. The second-order valence-electron chi connectivity index (χ2n) is 14.9. The number of amides is 1. The van der Waals surface area contributed by atoms with Gasteiger partial charge in [-0.3, -0.25) is 14.4 Å². The summed E-state index contributed by atoms with van der Waals surface area (Å²) in [5, 5.41) is 15.2. The van der Waals surface area contributed by atoms with Gasteiger partial charge in [-0.1, -0.05) is 24.6 Å². The van der Waals surface area contributed by atoms with Crippen LogP contribution in [0.1, 0.15) is 95.5 Å². The molecule has 2 saturated heterocycles. The third-order valence-corrected chi connectivity index (χ3v) is 12.0. The van der Waals surface area contributed by atoms with E-state index >= 15 is 0 Å². The molecule has 1 aliphatic carbocycles. The maximum atomic E-state index is 14.7. The summed E-state index contributed by atoms with van der Waals surface area (Å²) < 4.78 is 29.8. The van der Waals surface area contributed by atoms with E-state index in [1.807, 2.05) is 16.8 Å². The second-order valence-corrected chi connectivity index (χ2v) is 15.3. The van der Waals surface area contributed by atoms with E-state index in [0.717, 1.165) is 60.3 Å². The van der Waals surface area contributed by atoms with Crippen LogP contribution < -0.4 is 15.4 Å². The lowest BCUT2D eigenvalue weighted by molar-refractivity contribution is -0.0873. The van der Waals surface area contributed by atoms with Crippen LogP contribution in [0.25, 0.3) is 0 Å². The van der Waals surface area contributed by atoms with Crippen molar-refractivity contribution in [1.29, 1.82) is 5.26 Å². The number of ether oxygens (including phenoxy) is 2. The molecule has 6 heterocycles. The van der Waals surface area contributed by atoms with E-state index < -0.39 is 11.8 Å². The zero-order chi connectivity index (χ0) is 34.9. The van der Waals surface area contributed by atoms with Crippen molar-refractivity contribution in [3.63, 3.8) is 0 Å². The Bertz CT molecular complexity index is 1910. The minimum Gasteiger partial charge on any atom is -0.461 e. The molecule has 12 nitrogen and oxygen atoms in total. The first-order valence-corrected chi connectivity index (χ1v) is 18.0. The van der Waals surface area contributed by atoms with Crippen molar-refractivity contribution < 1.29 is 18.7 Å². The summed E-state index contributed by atoms with van der Waals surface area (Å²) in [7, 11) is 3.36. The van der Waals surface area contributed by atoms with E-state index in [1.165, 1.54) is 4.90 Å². The van der Waals surface area contributed by atoms with E-state index in [1.54, 1.807) is 14.1 Å². The Morgan fingerprint density at radius 2 is 2.08 bits per heavy atom. The van der Waals surface area contributed by atoms with Gasteiger partial charge in [-0.05, 0) is 56.2 Å². The molecule has 3 aromatic rings. The predicted octanol–water partition coefficient (Wildman–Crippen LogP) is 4.71. The molecule has 1 amide bonds. The van der Waals surface area contributed by atoms with Gasteiger partial charge in [0.25, 0.3) is 5.91 Å². The van der Waals surface area contributed by atoms with Gasteiger partial charge in [-0.15, -0.1) is 0 Å². The van der Waals surface area contributed by atoms with Gasteiger partial charge in [0, 0.05) is 63.4 Å². The number of halogens is 2. The summed E-state index contributed by atoms with van der Waals surface area (Å²) in [4.78, 5) is 28.8. The number of rotatable bonds is 5. The van der Waals surface area contributed by atoms with E-state index in [2.05, 4.69) is 27.9 Å². The Morgan fingerprint density at radius 3 is 2.88 bits per heavy atom. The van der Waals surface area contributed by atoms with Gasteiger partial charge in [0.15, 0.2) is 5.69 Å². The number of anilines is 2. The average molecular weight is 704 g/mol. The molecule has 4 aliphatic heterocycles. The van der Waals surface area contributed by atoms with Crippen molar-refractivity contribution in [2.24, 2.45) is 0 Å². The summed E-state index contributed by atoms with van der Waals surface area (Å²) in [6.07, 6.45) is 4.22. The molecule has 8 rings (SSSR count). The van der Waals surface area contributed by atoms with E-state index in [4.69, 9.17) is 36.8 Å². The number of carbonyl (C=O) groups excluding carboxylic acids is 1. The molecule has 1 aromatic carbocycles. The number of fused-ring (bicyclic) bond motifs is 5.